The Morgan fingerprint density at radius 1 is 1.27 bits per heavy atom. The van der Waals surface area contributed by atoms with Gasteiger partial charge in [-0.3, -0.25) is 19.5 Å². The van der Waals surface area contributed by atoms with Crippen molar-refractivity contribution in [3.05, 3.63) is 30.1 Å². The number of hydrogen-bond donors (Lipinski definition) is 1. The van der Waals surface area contributed by atoms with Crippen LogP contribution in [0.2, 0.25) is 0 Å². The number of ether oxygens (including phenoxy) is 1. The summed E-state index contributed by atoms with van der Waals surface area (Å²) in [5.74, 6) is 0.0573. The van der Waals surface area contributed by atoms with Crippen molar-refractivity contribution >= 4 is 11.8 Å². The molecule has 7 heteroatoms. The molecule has 0 radical (unpaired) electrons. The highest BCUT2D eigenvalue weighted by molar-refractivity contribution is 5.83. The maximum atomic E-state index is 12.4. The molecule has 0 spiro atoms. The van der Waals surface area contributed by atoms with Gasteiger partial charge in [-0.25, -0.2) is 0 Å². The first kappa shape index (κ1) is 18.8. The minimum absolute atomic E-state index is 0.0151. The summed E-state index contributed by atoms with van der Waals surface area (Å²) in [4.78, 5) is 33.1. The summed E-state index contributed by atoms with van der Waals surface area (Å²) < 4.78 is 5.35. The summed E-state index contributed by atoms with van der Waals surface area (Å²) >= 11 is 0. The number of carbonyl (C=O) groups is 2. The van der Waals surface area contributed by atoms with Crippen LogP contribution in [0.25, 0.3) is 0 Å². The first-order chi connectivity index (χ1) is 12.7. The lowest BCUT2D eigenvalue weighted by molar-refractivity contribution is -0.138. The molecule has 1 atom stereocenters. The molecule has 3 heterocycles. The minimum atomic E-state index is -0.125. The second-order valence-corrected chi connectivity index (χ2v) is 6.92. The Labute approximate surface area is 154 Å². The van der Waals surface area contributed by atoms with Gasteiger partial charge in [-0.2, -0.15) is 0 Å². The van der Waals surface area contributed by atoms with E-state index in [1.165, 1.54) is 0 Å². The van der Waals surface area contributed by atoms with Gasteiger partial charge in [-0.15, -0.1) is 0 Å². The normalized spacial score (nSPS) is 21.6. The third-order valence-corrected chi connectivity index (χ3v) is 5.05. The fourth-order valence-electron chi connectivity index (χ4n) is 3.48. The molecule has 0 aromatic carbocycles. The largest absolute Gasteiger partial charge is 0.379 e. The van der Waals surface area contributed by atoms with E-state index >= 15 is 0 Å². The van der Waals surface area contributed by atoms with E-state index in [1.807, 2.05) is 23.1 Å². The maximum absolute atomic E-state index is 12.4. The van der Waals surface area contributed by atoms with Crippen LogP contribution in [0.1, 0.15) is 25.0 Å². The summed E-state index contributed by atoms with van der Waals surface area (Å²) in [5.41, 5.74) is 0.843. The van der Waals surface area contributed by atoms with E-state index in [1.54, 1.807) is 6.20 Å². The topological polar surface area (TPSA) is 74.8 Å². The van der Waals surface area contributed by atoms with Gasteiger partial charge in [0.25, 0.3) is 0 Å². The molecule has 2 aliphatic rings. The van der Waals surface area contributed by atoms with Crippen molar-refractivity contribution in [2.45, 2.75) is 25.8 Å². The molecular weight excluding hydrogens is 332 g/mol. The summed E-state index contributed by atoms with van der Waals surface area (Å²) in [6, 6.07) is 5.65. The average molecular weight is 360 g/mol. The second-order valence-electron chi connectivity index (χ2n) is 6.92. The fourth-order valence-corrected chi connectivity index (χ4v) is 3.48. The highest BCUT2D eigenvalue weighted by Gasteiger charge is 2.29. The van der Waals surface area contributed by atoms with Crippen LogP contribution in [-0.4, -0.2) is 72.5 Å². The molecular formula is C19H28N4O3. The summed E-state index contributed by atoms with van der Waals surface area (Å²) in [7, 11) is 0. The standard InChI is InChI=1S/C19H28N4O3/c24-18-6-5-16(19(25)21-14-17-4-1-2-7-20-17)15-23(18)9-3-8-22-10-12-26-13-11-22/h1-2,4,7,16H,3,5-6,8-15H2,(H,21,25)/t16-/m0/s1. The zero-order valence-electron chi connectivity index (χ0n) is 15.2. The molecule has 2 saturated heterocycles. The van der Waals surface area contributed by atoms with E-state index < -0.39 is 0 Å². The molecule has 2 amide bonds. The number of likely N-dealkylation sites (tertiary alicyclic amines) is 1. The lowest BCUT2D eigenvalue weighted by Gasteiger charge is -2.33. The van der Waals surface area contributed by atoms with Gasteiger partial charge < -0.3 is 15.0 Å². The van der Waals surface area contributed by atoms with Crippen LogP contribution < -0.4 is 5.32 Å². The van der Waals surface area contributed by atoms with Crippen LogP contribution in [-0.2, 0) is 20.9 Å². The minimum Gasteiger partial charge on any atom is -0.379 e. The first-order valence-corrected chi connectivity index (χ1v) is 9.48. The Hall–Kier alpha value is -1.99. The van der Waals surface area contributed by atoms with Gasteiger partial charge >= 0.3 is 0 Å². The molecule has 0 unspecified atom stereocenters. The number of morpholine rings is 1. The van der Waals surface area contributed by atoms with Gasteiger partial charge in [0.05, 0.1) is 31.4 Å². The molecule has 1 aromatic heterocycles. The number of nitrogens with one attached hydrogen (secondary N) is 1. The van der Waals surface area contributed by atoms with Crippen LogP contribution in [0.4, 0.5) is 0 Å². The van der Waals surface area contributed by atoms with E-state index in [2.05, 4.69) is 15.2 Å². The van der Waals surface area contributed by atoms with Gasteiger partial charge in [0.1, 0.15) is 0 Å². The maximum Gasteiger partial charge on any atom is 0.225 e. The van der Waals surface area contributed by atoms with E-state index in [0.717, 1.165) is 51.5 Å². The molecule has 0 bridgehead atoms. The van der Waals surface area contributed by atoms with Crippen LogP contribution >= 0.6 is 0 Å². The van der Waals surface area contributed by atoms with Gasteiger partial charge in [0.2, 0.25) is 11.8 Å². The number of nitrogens with zero attached hydrogens (tertiary/aromatic N) is 3. The van der Waals surface area contributed by atoms with E-state index in [0.29, 0.717) is 25.9 Å². The number of piperidine rings is 1. The Balaban J connectivity index is 1.41. The van der Waals surface area contributed by atoms with Crippen LogP contribution in [0.15, 0.2) is 24.4 Å². The van der Waals surface area contributed by atoms with E-state index in [4.69, 9.17) is 4.74 Å². The number of aromatic nitrogens is 1. The van der Waals surface area contributed by atoms with E-state index in [9.17, 15) is 9.59 Å². The lowest BCUT2D eigenvalue weighted by Crippen LogP contribution is -2.46. The molecule has 142 valence electrons. The van der Waals surface area contributed by atoms with Crippen molar-refractivity contribution in [2.75, 3.05) is 45.9 Å². The van der Waals surface area contributed by atoms with Crippen molar-refractivity contribution in [1.29, 1.82) is 0 Å². The number of amides is 2. The van der Waals surface area contributed by atoms with Gasteiger partial charge in [0, 0.05) is 45.3 Å². The Morgan fingerprint density at radius 2 is 2.12 bits per heavy atom. The Kier molecular flexibility index (Phi) is 6.96. The zero-order valence-corrected chi connectivity index (χ0v) is 15.2. The fraction of sp³-hybridized carbons (Fsp3) is 0.632. The first-order valence-electron chi connectivity index (χ1n) is 9.48. The van der Waals surface area contributed by atoms with Gasteiger partial charge in [-0.1, -0.05) is 6.07 Å². The molecule has 7 nitrogen and oxygen atoms in total. The van der Waals surface area contributed by atoms with Crippen molar-refractivity contribution in [2.24, 2.45) is 5.92 Å². The predicted molar refractivity (Wildman–Crippen MR) is 97.3 cm³/mol. The quantitative estimate of drug-likeness (QED) is 0.773. The molecule has 2 aliphatic heterocycles. The third-order valence-electron chi connectivity index (χ3n) is 5.05. The van der Waals surface area contributed by atoms with Crippen molar-refractivity contribution in [1.82, 2.24) is 20.1 Å². The second kappa shape index (κ2) is 9.64. The SMILES string of the molecule is O=C(NCc1ccccn1)[C@H]1CCC(=O)N(CCCN2CCOCC2)C1. The van der Waals surface area contributed by atoms with Gasteiger partial charge in [0.15, 0.2) is 0 Å². The zero-order chi connectivity index (χ0) is 18.2. The number of pyridine rings is 1. The average Bonchev–Trinajstić information content (AvgIpc) is 2.69. The molecule has 2 fully saturated rings. The molecule has 1 N–H and O–H groups in total. The smallest absolute Gasteiger partial charge is 0.225 e. The molecule has 26 heavy (non-hydrogen) atoms. The molecule has 0 aliphatic carbocycles. The summed E-state index contributed by atoms with van der Waals surface area (Å²) in [6.45, 7) is 6.17. The van der Waals surface area contributed by atoms with Crippen molar-refractivity contribution in [3.63, 3.8) is 0 Å². The predicted octanol–water partition coefficient (Wildman–Crippen LogP) is 0.659. The van der Waals surface area contributed by atoms with Crippen molar-refractivity contribution < 1.29 is 14.3 Å². The summed E-state index contributed by atoms with van der Waals surface area (Å²) in [5, 5.41) is 2.95. The highest BCUT2D eigenvalue weighted by atomic mass is 16.5. The van der Waals surface area contributed by atoms with Crippen molar-refractivity contribution in [3.8, 4) is 0 Å². The monoisotopic (exact) mass is 360 g/mol. The third kappa shape index (κ3) is 5.51. The van der Waals surface area contributed by atoms with Crippen LogP contribution in [0, 0.1) is 5.92 Å². The number of carbonyl (C=O) groups excluding carboxylic acids is 2. The van der Waals surface area contributed by atoms with Crippen LogP contribution in [0.5, 0.6) is 0 Å². The number of rotatable bonds is 7. The summed E-state index contributed by atoms with van der Waals surface area (Å²) in [6.07, 6.45) is 3.75. The van der Waals surface area contributed by atoms with E-state index in [-0.39, 0.29) is 17.7 Å². The number of hydrogen-bond acceptors (Lipinski definition) is 5. The molecule has 0 saturated carbocycles. The van der Waals surface area contributed by atoms with Gasteiger partial charge in [-0.05, 0) is 25.0 Å². The lowest BCUT2D eigenvalue weighted by atomic mass is 9.96. The molecule has 1 aromatic rings. The van der Waals surface area contributed by atoms with Crippen LogP contribution in [0.3, 0.4) is 0 Å². The highest BCUT2D eigenvalue weighted by Crippen LogP contribution is 2.18. The Bertz CT molecular complexity index is 590. The Morgan fingerprint density at radius 3 is 2.88 bits per heavy atom. The molecule has 3 rings (SSSR count).